The van der Waals surface area contributed by atoms with E-state index < -0.39 is 0 Å². The molecule has 1 saturated heterocycles. The van der Waals surface area contributed by atoms with E-state index in [0.717, 1.165) is 38.7 Å². The van der Waals surface area contributed by atoms with E-state index in [4.69, 9.17) is 9.47 Å². The molecule has 2 rings (SSSR count). The first-order valence-electron chi connectivity index (χ1n) is 9.11. The second kappa shape index (κ2) is 9.19. The van der Waals surface area contributed by atoms with Gasteiger partial charge in [-0.25, -0.2) is 0 Å². The molecule has 0 amide bonds. The van der Waals surface area contributed by atoms with Gasteiger partial charge in [-0.2, -0.15) is 0 Å². The Bertz CT molecular complexity index is 460. The van der Waals surface area contributed by atoms with Crippen LogP contribution in [0.25, 0.3) is 0 Å². The maximum atomic E-state index is 5.70. The van der Waals surface area contributed by atoms with Gasteiger partial charge in [0.25, 0.3) is 0 Å². The maximum absolute atomic E-state index is 5.70. The first-order chi connectivity index (χ1) is 11.2. The van der Waals surface area contributed by atoms with Gasteiger partial charge in [0, 0.05) is 50.8 Å². The maximum Gasteiger partial charge on any atom is 0.191 e. The van der Waals surface area contributed by atoms with Crippen molar-refractivity contribution >= 4 is 29.9 Å². The summed E-state index contributed by atoms with van der Waals surface area (Å²) in [4.78, 5) is 6.89. The van der Waals surface area contributed by atoms with Crippen molar-refractivity contribution in [3.63, 3.8) is 0 Å². The molecule has 2 fully saturated rings. The normalized spacial score (nSPS) is 33.8. The van der Waals surface area contributed by atoms with Crippen molar-refractivity contribution in [1.82, 2.24) is 15.5 Å². The van der Waals surface area contributed by atoms with Gasteiger partial charge >= 0.3 is 0 Å². The van der Waals surface area contributed by atoms with Crippen molar-refractivity contribution in [3.8, 4) is 0 Å². The van der Waals surface area contributed by atoms with Crippen LogP contribution >= 0.6 is 24.0 Å². The Morgan fingerprint density at radius 3 is 2.60 bits per heavy atom. The molecule has 0 aromatic rings. The van der Waals surface area contributed by atoms with Crippen molar-refractivity contribution in [1.29, 1.82) is 0 Å². The van der Waals surface area contributed by atoms with Gasteiger partial charge in [-0.15, -0.1) is 24.0 Å². The SMILES string of the molecule is CN=C(NCC(C)N1CCOCC1C)NC1CC(C)(OC)C1(C)C.I. The van der Waals surface area contributed by atoms with Gasteiger partial charge in [0.05, 0.1) is 18.8 Å². The molecule has 1 aliphatic heterocycles. The predicted octanol–water partition coefficient (Wildman–Crippen LogP) is 2.08. The van der Waals surface area contributed by atoms with Crippen LogP contribution in [0.5, 0.6) is 0 Å². The van der Waals surface area contributed by atoms with Gasteiger partial charge in [0.1, 0.15) is 0 Å². The van der Waals surface area contributed by atoms with E-state index in [1.165, 1.54) is 0 Å². The summed E-state index contributed by atoms with van der Waals surface area (Å²) in [5.41, 5.74) is 0.00372. The summed E-state index contributed by atoms with van der Waals surface area (Å²) >= 11 is 0. The summed E-state index contributed by atoms with van der Waals surface area (Å²) in [6, 6.07) is 1.28. The van der Waals surface area contributed by atoms with Crippen LogP contribution in [0.15, 0.2) is 4.99 Å². The molecule has 0 aromatic carbocycles. The zero-order chi connectivity index (χ0) is 18.0. The average molecular weight is 468 g/mol. The number of methoxy groups -OCH3 is 1. The molecular weight excluding hydrogens is 431 g/mol. The highest BCUT2D eigenvalue weighted by atomic mass is 127. The van der Waals surface area contributed by atoms with Gasteiger partial charge in [-0.3, -0.25) is 9.89 Å². The monoisotopic (exact) mass is 468 g/mol. The topological polar surface area (TPSA) is 58.1 Å². The lowest BCUT2D eigenvalue weighted by atomic mass is 9.56. The van der Waals surface area contributed by atoms with Crippen molar-refractivity contribution in [2.45, 2.75) is 64.8 Å². The van der Waals surface area contributed by atoms with E-state index in [2.05, 4.69) is 55.1 Å². The largest absolute Gasteiger partial charge is 0.379 e. The van der Waals surface area contributed by atoms with Crippen LogP contribution in [-0.2, 0) is 9.47 Å². The summed E-state index contributed by atoms with van der Waals surface area (Å²) in [7, 11) is 3.63. The number of halogens is 1. The summed E-state index contributed by atoms with van der Waals surface area (Å²) in [6.45, 7) is 14.7. The van der Waals surface area contributed by atoms with Crippen molar-refractivity contribution in [2.24, 2.45) is 10.4 Å². The van der Waals surface area contributed by atoms with Crippen LogP contribution in [0, 0.1) is 5.41 Å². The number of guanidine groups is 1. The Labute approximate surface area is 170 Å². The average Bonchev–Trinajstić information content (AvgIpc) is 2.57. The van der Waals surface area contributed by atoms with Crippen LogP contribution < -0.4 is 10.6 Å². The molecule has 0 bridgehead atoms. The number of rotatable bonds is 5. The summed E-state index contributed by atoms with van der Waals surface area (Å²) < 4.78 is 11.2. The van der Waals surface area contributed by atoms with E-state index >= 15 is 0 Å². The highest BCUT2D eigenvalue weighted by Gasteiger charge is 2.58. The molecule has 25 heavy (non-hydrogen) atoms. The third-order valence-corrected chi connectivity index (χ3v) is 6.36. The molecule has 0 aromatic heterocycles. The van der Waals surface area contributed by atoms with Gasteiger partial charge < -0.3 is 20.1 Å². The van der Waals surface area contributed by atoms with Crippen molar-refractivity contribution in [3.05, 3.63) is 0 Å². The molecule has 2 N–H and O–H groups in total. The van der Waals surface area contributed by atoms with E-state index in [0.29, 0.717) is 18.1 Å². The molecule has 0 radical (unpaired) electrons. The van der Waals surface area contributed by atoms with Crippen LogP contribution in [0.4, 0.5) is 0 Å². The minimum atomic E-state index is -0.0694. The van der Waals surface area contributed by atoms with Crippen LogP contribution in [-0.4, -0.2) is 75.0 Å². The second-order valence-corrected chi connectivity index (χ2v) is 8.02. The zero-order valence-corrected chi connectivity index (χ0v) is 19.2. The number of hydrogen-bond donors (Lipinski definition) is 2. The fraction of sp³-hybridized carbons (Fsp3) is 0.944. The Morgan fingerprint density at radius 2 is 2.08 bits per heavy atom. The molecule has 0 spiro atoms. The molecule has 7 heteroatoms. The molecule has 1 saturated carbocycles. The summed E-state index contributed by atoms with van der Waals surface area (Å²) in [5.74, 6) is 0.874. The lowest BCUT2D eigenvalue weighted by molar-refractivity contribution is -0.176. The summed E-state index contributed by atoms with van der Waals surface area (Å²) in [5, 5.41) is 7.05. The molecule has 4 unspecified atom stereocenters. The smallest absolute Gasteiger partial charge is 0.191 e. The van der Waals surface area contributed by atoms with Gasteiger partial charge in [0.15, 0.2) is 5.96 Å². The number of nitrogens with one attached hydrogen (secondary N) is 2. The third kappa shape index (κ3) is 4.78. The number of hydrogen-bond acceptors (Lipinski definition) is 4. The Kier molecular flexibility index (Phi) is 8.43. The van der Waals surface area contributed by atoms with Gasteiger partial charge in [-0.1, -0.05) is 13.8 Å². The van der Waals surface area contributed by atoms with E-state index in [1.807, 2.05) is 7.05 Å². The van der Waals surface area contributed by atoms with Crippen molar-refractivity contribution < 1.29 is 9.47 Å². The van der Waals surface area contributed by atoms with Crippen LogP contribution in [0.3, 0.4) is 0 Å². The van der Waals surface area contributed by atoms with Crippen molar-refractivity contribution in [2.75, 3.05) is 40.5 Å². The standard InChI is InChI=1S/C18H36N4O2.HI/c1-13(22-8-9-24-12-14(22)2)11-20-16(19-6)21-15-10-18(5,23-7)17(15,3)4;/h13-15H,8-12H2,1-7H3,(H2,19,20,21);1H. The Morgan fingerprint density at radius 1 is 1.40 bits per heavy atom. The van der Waals surface area contributed by atoms with Gasteiger partial charge in [0.2, 0.25) is 0 Å². The molecule has 4 atom stereocenters. The minimum absolute atomic E-state index is 0. The minimum Gasteiger partial charge on any atom is -0.379 e. The molecule has 148 valence electrons. The van der Waals surface area contributed by atoms with E-state index in [-0.39, 0.29) is 35.0 Å². The zero-order valence-electron chi connectivity index (χ0n) is 16.9. The fourth-order valence-electron chi connectivity index (χ4n) is 3.84. The molecule has 1 aliphatic carbocycles. The van der Waals surface area contributed by atoms with Crippen LogP contribution in [0.2, 0.25) is 0 Å². The molecular formula is C18H37IN4O2. The number of ether oxygens (including phenoxy) is 2. The molecule has 1 heterocycles. The highest BCUT2D eigenvalue weighted by molar-refractivity contribution is 14.0. The predicted molar refractivity (Wildman–Crippen MR) is 114 cm³/mol. The molecule has 6 nitrogen and oxygen atoms in total. The Hall–Kier alpha value is -0.120. The summed E-state index contributed by atoms with van der Waals surface area (Å²) in [6.07, 6.45) is 0.993. The van der Waals surface area contributed by atoms with Gasteiger partial charge in [-0.05, 0) is 27.2 Å². The quantitative estimate of drug-likeness (QED) is 0.368. The second-order valence-electron chi connectivity index (χ2n) is 8.02. The highest BCUT2D eigenvalue weighted by Crippen LogP contribution is 2.51. The van der Waals surface area contributed by atoms with Crippen LogP contribution in [0.1, 0.15) is 41.0 Å². The van der Waals surface area contributed by atoms with E-state index in [1.54, 1.807) is 7.11 Å². The first kappa shape index (κ1) is 22.9. The number of nitrogens with zero attached hydrogens (tertiary/aromatic N) is 2. The lowest BCUT2D eigenvalue weighted by Crippen LogP contribution is -2.69. The third-order valence-electron chi connectivity index (χ3n) is 6.36. The lowest BCUT2D eigenvalue weighted by Gasteiger charge is -2.59. The fourth-order valence-corrected chi connectivity index (χ4v) is 3.84. The molecule has 2 aliphatic rings. The Balaban J connectivity index is 0.00000312. The van der Waals surface area contributed by atoms with E-state index in [9.17, 15) is 0 Å². The number of morpholine rings is 1. The number of aliphatic imine (C=N–C) groups is 1. The first-order valence-corrected chi connectivity index (χ1v) is 9.11.